The molecule has 0 radical (unpaired) electrons. The number of benzene rings is 2. The minimum atomic E-state index is -4.19. The number of sulfonamides is 1. The standard InChI is InChI=1S/C28H34N6O6S/c1-34-9-7-16(8-10-34)18-11-24(38-3)27(25(12-18)39-4)41(35,36)33-28-19-13-23(37-2)21(14-22(19)40-32-28)29-26-15-20(30-31-26)17-5-6-17/h11-17H,5-10H2,1-4H3,(H,32,33)(H2,29,30,31). The number of rotatable bonds is 10. The van der Waals surface area contributed by atoms with Crippen LogP contribution in [0.15, 0.2) is 39.8 Å². The third kappa shape index (κ3) is 5.38. The Morgan fingerprint density at radius 2 is 1.61 bits per heavy atom. The van der Waals surface area contributed by atoms with Gasteiger partial charge in [0.15, 0.2) is 16.3 Å². The zero-order valence-electron chi connectivity index (χ0n) is 23.5. The van der Waals surface area contributed by atoms with Gasteiger partial charge in [-0.25, -0.2) is 8.42 Å². The molecule has 0 unspecified atom stereocenters. The topological polar surface area (TPSA) is 144 Å². The van der Waals surface area contributed by atoms with Gasteiger partial charge in [-0.1, -0.05) is 5.16 Å². The smallest absolute Gasteiger partial charge is 0.270 e. The summed E-state index contributed by atoms with van der Waals surface area (Å²) in [7, 11) is 2.34. The Bertz CT molecular complexity index is 1650. The molecule has 1 aliphatic carbocycles. The normalized spacial score (nSPS) is 16.6. The lowest BCUT2D eigenvalue weighted by Crippen LogP contribution is -2.29. The van der Waals surface area contributed by atoms with E-state index in [0.717, 1.165) is 50.0 Å². The van der Waals surface area contributed by atoms with Crippen molar-refractivity contribution in [1.29, 1.82) is 0 Å². The molecule has 2 aromatic heterocycles. The number of fused-ring (bicyclic) bond motifs is 1. The fourth-order valence-corrected chi connectivity index (χ4v) is 6.68. The molecule has 0 amide bonds. The minimum absolute atomic E-state index is 0.0194. The summed E-state index contributed by atoms with van der Waals surface area (Å²) in [4.78, 5) is 2.18. The number of aromatic nitrogens is 3. The second-order valence-electron chi connectivity index (χ2n) is 10.6. The first kappa shape index (κ1) is 27.2. The van der Waals surface area contributed by atoms with Gasteiger partial charge in [0.1, 0.15) is 23.1 Å². The van der Waals surface area contributed by atoms with Crippen molar-refractivity contribution in [2.24, 2.45) is 0 Å². The molecule has 2 fully saturated rings. The number of methoxy groups -OCH3 is 3. The summed E-state index contributed by atoms with van der Waals surface area (Å²) in [5.41, 5.74) is 2.99. The summed E-state index contributed by atoms with van der Waals surface area (Å²) in [6, 6.07) is 8.92. The van der Waals surface area contributed by atoms with E-state index in [9.17, 15) is 8.42 Å². The molecular weight excluding hydrogens is 548 g/mol. The van der Waals surface area contributed by atoms with Gasteiger partial charge in [0, 0.05) is 18.1 Å². The molecule has 41 heavy (non-hydrogen) atoms. The van der Waals surface area contributed by atoms with Crippen molar-refractivity contribution < 1.29 is 27.2 Å². The van der Waals surface area contributed by atoms with Gasteiger partial charge < -0.3 is 29.0 Å². The van der Waals surface area contributed by atoms with Gasteiger partial charge in [-0.15, -0.1) is 0 Å². The molecule has 1 saturated carbocycles. The molecule has 2 aliphatic rings. The molecule has 6 rings (SSSR count). The van der Waals surface area contributed by atoms with E-state index in [-0.39, 0.29) is 28.1 Å². The van der Waals surface area contributed by atoms with E-state index in [1.54, 1.807) is 24.3 Å². The number of likely N-dealkylation sites (tertiary alicyclic amines) is 1. The third-order valence-electron chi connectivity index (χ3n) is 7.83. The van der Waals surface area contributed by atoms with Crippen LogP contribution < -0.4 is 24.2 Å². The molecular formula is C28H34N6O6S. The van der Waals surface area contributed by atoms with Gasteiger partial charge in [-0.05, 0) is 75.5 Å². The maximum Gasteiger partial charge on any atom is 0.270 e. The summed E-state index contributed by atoms with van der Waals surface area (Å²) in [6.07, 6.45) is 4.24. The number of anilines is 3. The summed E-state index contributed by atoms with van der Waals surface area (Å²) >= 11 is 0. The van der Waals surface area contributed by atoms with E-state index >= 15 is 0 Å². The fraction of sp³-hybridized carbons (Fsp3) is 0.429. The van der Waals surface area contributed by atoms with Crippen LogP contribution in [-0.4, -0.2) is 70.1 Å². The minimum Gasteiger partial charge on any atom is -0.495 e. The van der Waals surface area contributed by atoms with Crippen molar-refractivity contribution in [3.8, 4) is 17.2 Å². The first-order valence-electron chi connectivity index (χ1n) is 13.6. The van der Waals surface area contributed by atoms with Crippen molar-refractivity contribution in [2.45, 2.75) is 42.4 Å². The van der Waals surface area contributed by atoms with Crippen LogP contribution >= 0.6 is 0 Å². The Hall–Kier alpha value is -3.97. The molecule has 0 bridgehead atoms. The van der Waals surface area contributed by atoms with Gasteiger partial charge in [0.05, 0.1) is 38.1 Å². The van der Waals surface area contributed by atoms with Crippen molar-refractivity contribution >= 4 is 38.3 Å². The lowest BCUT2D eigenvalue weighted by atomic mass is 9.89. The molecule has 1 saturated heterocycles. The number of ether oxygens (including phenoxy) is 3. The molecule has 3 N–H and O–H groups in total. The van der Waals surface area contributed by atoms with Gasteiger partial charge in [-0.3, -0.25) is 9.82 Å². The highest BCUT2D eigenvalue weighted by Gasteiger charge is 2.30. The SMILES string of the molecule is COc1cc2c(NS(=O)(=O)c3c(OC)cc(C4CCN(C)CC4)cc3OC)noc2cc1Nc1cc(C2CC2)n[nH]1. The molecule has 4 aromatic rings. The Balaban J connectivity index is 1.30. The maximum atomic E-state index is 13.7. The van der Waals surface area contributed by atoms with Crippen LogP contribution in [0.1, 0.15) is 48.8 Å². The number of hydrogen-bond donors (Lipinski definition) is 3. The lowest BCUT2D eigenvalue weighted by Gasteiger charge is -2.29. The number of piperidine rings is 1. The Kier molecular flexibility index (Phi) is 7.16. The molecule has 12 nitrogen and oxygen atoms in total. The van der Waals surface area contributed by atoms with Crippen molar-refractivity contribution in [1.82, 2.24) is 20.3 Å². The van der Waals surface area contributed by atoms with Gasteiger partial charge in [0.25, 0.3) is 10.0 Å². The zero-order chi connectivity index (χ0) is 28.7. The molecule has 218 valence electrons. The van der Waals surface area contributed by atoms with Gasteiger partial charge in [0.2, 0.25) is 0 Å². The molecule has 0 atom stereocenters. The van der Waals surface area contributed by atoms with E-state index in [0.29, 0.717) is 34.1 Å². The number of H-pyrrole nitrogens is 1. The number of hydrogen-bond acceptors (Lipinski definition) is 10. The predicted molar refractivity (Wildman–Crippen MR) is 154 cm³/mol. The van der Waals surface area contributed by atoms with Crippen LogP contribution in [0.4, 0.5) is 17.3 Å². The van der Waals surface area contributed by atoms with Crippen LogP contribution in [0.25, 0.3) is 11.0 Å². The van der Waals surface area contributed by atoms with Crippen LogP contribution in [0.3, 0.4) is 0 Å². The van der Waals surface area contributed by atoms with E-state index in [4.69, 9.17) is 18.7 Å². The molecule has 1 aliphatic heterocycles. The molecule has 13 heteroatoms. The fourth-order valence-electron chi connectivity index (χ4n) is 5.36. The van der Waals surface area contributed by atoms with E-state index < -0.39 is 10.0 Å². The summed E-state index contributed by atoms with van der Waals surface area (Å²) in [6.45, 7) is 1.94. The highest BCUT2D eigenvalue weighted by molar-refractivity contribution is 7.93. The predicted octanol–water partition coefficient (Wildman–Crippen LogP) is 4.81. The molecule has 2 aromatic carbocycles. The summed E-state index contributed by atoms with van der Waals surface area (Å²) < 4.78 is 52.3. The average Bonchev–Trinajstić information content (AvgIpc) is 3.61. The monoisotopic (exact) mass is 582 g/mol. The lowest BCUT2D eigenvalue weighted by molar-refractivity contribution is 0.254. The number of nitrogens with zero attached hydrogens (tertiary/aromatic N) is 3. The Morgan fingerprint density at radius 1 is 0.927 bits per heavy atom. The van der Waals surface area contributed by atoms with E-state index in [2.05, 4.69) is 37.3 Å². The number of aromatic amines is 1. The largest absolute Gasteiger partial charge is 0.495 e. The van der Waals surface area contributed by atoms with E-state index in [1.165, 1.54) is 21.3 Å². The summed E-state index contributed by atoms with van der Waals surface area (Å²) in [5, 5.41) is 15.1. The second kappa shape index (κ2) is 10.8. The highest BCUT2D eigenvalue weighted by Crippen LogP contribution is 2.42. The average molecular weight is 583 g/mol. The second-order valence-corrected chi connectivity index (χ2v) is 12.2. The van der Waals surface area contributed by atoms with Gasteiger partial charge >= 0.3 is 0 Å². The first-order chi connectivity index (χ1) is 19.8. The van der Waals surface area contributed by atoms with Crippen LogP contribution in [0.5, 0.6) is 17.2 Å². The van der Waals surface area contributed by atoms with Gasteiger partial charge in [-0.2, -0.15) is 5.10 Å². The van der Waals surface area contributed by atoms with Crippen molar-refractivity contribution in [3.63, 3.8) is 0 Å². The highest BCUT2D eigenvalue weighted by atomic mass is 32.2. The Labute approximate surface area is 238 Å². The maximum absolute atomic E-state index is 13.7. The number of nitrogens with one attached hydrogen (secondary N) is 3. The van der Waals surface area contributed by atoms with E-state index in [1.807, 2.05) is 6.07 Å². The first-order valence-corrected chi connectivity index (χ1v) is 15.0. The summed E-state index contributed by atoms with van der Waals surface area (Å²) in [5.74, 6) is 2.41. The van der Waals surface area contributed by atoms with Crippen LogP contribution in [0, 0.1) is 0 Å². The zero-order valence-corrected chi connectivity index (χ0v) is 24.3. The van der Waals surface area contributed by atoms with Crippen molar-refractivity contribution in [2.75, 3.05) is 51.5 Å². The third-order valence-corrected chi connectivity index (χ3v) is 9.23. The molecule has 3 heterocycles. The quantitative estimate of drug-likeness (QED) is 0.238. The van der Waals surface area contributed by atoms with Crippen LogP contribution in [-0.2, 0) is 10.0 Å². The molecule has 0 spiro atoms. The Morgan fingerprint density at radius 3 is 2.24 bits per heavy atom. The van der Waals surface area contributed by atoms with Crippen molar-refractivity contribution in [3.05, 3.63) is 41.6 Å². The van der Waals surface area contributed by atoms with Crippen LogP contribution in [0.2, 0.25) is 0 Å².